The molecule has 0 radical (unpaired) electrons. The molecule has 0 N–H and O–H groups in total. The smallest absolute Gasteiger partial charge is 0.137 e. The number of hydrogen-bond donors (Lipinski definition) is 0. The molecule has 0 spiro atoms. The first-order chi connectivity index (χ1) is 8.22. The van der Waals surface area contributed by atoms with Gasteiger partial charge in [0, 0.05) is 4.83 Å². The van der Waals surface area contributed by atoms with Gasteiger partial charge in [-0.25, -0.2) is 0 Å². The number of hydrogen-bond acceptors (Lipinski definition) is 1. The third-order valence-corrected chi connectivity index (χ3v) is 5.13. The molecule has 1 aromatic rings. The van der Waals surface area contributed by atoms with Crippen LogP contribution in [0.1, 0.15) is 42.5 Å². The molecular formula is C14H18BrClO. The van der Waals surface area contributed by atoms with Crippen LogP contribution in [0.4, 0.5) is 0 Å². The monoisotopic (exact) mass is 316 g/mol. The van der Waals surface area contributed by atoms with Crippen LogP contribution in [0.5, 0.6) is 5.75 Å². The van der Waals surface area contributed by atoms with Crippen LogP contribution >= 0.6 is 27.5 Å². The minimum Gasteiger partial charge on any atom is -0.495 e. The van der Waals surface area contributed by atoms with E-state index in [9.17, 15) is 0 Å². The quantitative estimate of drug-likeness (QED) is 0.681. The summed E-state index contributed by atoms with van der Waals surface area (Å²) in [7, 11) is 1.65. The van der Waals surface area contributed by atoms with E-state index in [1.54, 1.807) is 7.11 Å². The van der Waals surface area contributed by atoms with Crippen LogP contribution in [0, 0.1) is 5.92 Å². The van der Waals surface area contributed by atoms with Gasteiger partial charge in [-0.1, -0.05) is 52.9 Å². The van der Waals surface area contributed by atoms with Gasteiger partial charge in [0.1, 0.15) is 5.75 Å². The lowest BCUT2D eigenvalue weighted by atomic mass is 9.85. The van der Waals surface area contributed by atoms with Crippen molar-refractivity contribution in [3.8, 4) is 5.75 Å². The predicted molar refractivity (Wildman–Crippen MR) is 76.2 cm³/mol. The number of ether oxygens (including phenoxy) is 1. The lowest BCUT2D eigenvalue weighted by Crippen LogP contribution is -2.11. The zero-order valence-corrected chi connectivity index (χ0v) is 12.4. The van der Waals surface area contributed by atoms with Gasteiger partial charge < -0.3 is 4.74 Å². The molecule has 1 aliphatic carbocycles. The highest BCUT2D eigenvalue weighted by atomic mass is 79.9. The van der Waals surface area contributed by atoms with Crippen molar-refractivity contribution in [1.29, 1.82) is 0 Å². The number of halogens is 2. The Labute approximate surface area is 117 Å². The molecule has 0 amide bonds. The van der Waals surface area contributed by atoms with Gasteiger partial charge >= 0.3 is 0 Å². The average Bonchev–Trinajstić information content (AvgIpc) is 2.39. The molecule has 94 valence electrons. The van der Waals surface area contributed by atoms with E-state index in [-0.39, 0.29) is 0 Å². The zero-order valence-electron chi connectivity index (χ0n) is 10.1. The summed E-state index contributed by atoms with van der Waals surface area (Å²) in [5.74, 6) is 1.49. The van der Waals surface area contributed by atoms with E-state index < -0.39 is 0 Å². The minimum absolute atomic E-state index is 0.422. The second-order valence-electron chi connectivity index (χ2n) is 4.69. The molecule has 1 unspecified atom stereocenters. The van der Waals surface area contributed by atoms with Gasteiger partial charge in [-0.15, -0.1) is 0 Å². The molecule has 2 rings (SSSR count). The van der Waals surface area contributed by atoms with Crippen molar-refractivity contribution in [2.75, 3.05) is 7.11 Å². The molecular weight excluding hydrogens is 300 g/mol. The highest BCUT2D eigenvalue weighted by Crippen LogP contribution is 2.41. The summed E-state index contributed by atoms with van der Waals surface area (Å²) in [4.78, 5) is 0.422. The number of benzene rings is 1. The van der Waals surface area contributed by atoms with Crippen LogP contribution in [0.3, 0.4) is 0 Å². The summed E-state index contributed by atoms with van der Waals surface area (Å²) in [6, 6.07) is 6.09. The third-order valence-electron chi connectivity index (χ3n) is 3.56. The Morgan fingerprint density at radius 1 is 1.29 bits per heavy atom. The standard InChI is InChI=1S/C14H18BrClO/c1-17-13-8-7-11(9-12(13)16)14(15)10-5-3-2-4-6-10/h7-10,14H,2-6H2,1H3. The maximum Gasteiger partial charge on any atom is 0.137 e. The van der Waals surface area contributed by atoms with E-state index in [0.29, 0.717) is 9.85 Å². The first-order valence-electron chi connectivity index (χ1n) is 6.20. The second-order valence-corrected chi connectivity index (χ2v) is 6.09. The molecule has 0 aliphatic heterocycles. The largest absolute Gasteiger partial charge is 0.495 e. The fourth-order valence-corrected chi connectivity index (χ4v) is 3.63. The highest BCUT2D eigenvalue weighted by molar-refractivity contribution is 9.09. The molecule has 1 saturated carbocycles. The molecule has 3 heteroatoms. The fourth-order valence-electron chi connectivity index (χ4n) is 2.55. The molecule has 1 atom stereocenters. The first-order valence-corrected chi connectivity index (χ1v) is 7.49. The molecule has 0 saturated heterocycles. The third kappa shape index (κ3) is 3.17. The summed E-state index contributed by atoms with van der Waals surface area (Å²) < 4.78 is 5.18. The molecule has 0 heterocycles. The number of rotatable bonds is 3. The van der Waals surface area contributed by atoms with E-state index in [2.05, 4.69) is 22.0 Å². The molecule has 1 nitrogen and oxygen atoms in total. The summed E-state index contributed by atoms with van der Waals surface area (Å²) in [5.41, 5.74) is 1.27. The van der Waals surface area contributed by atoms with Crippen molar-refractivity contribution in [1.82, 2.24) is 0 Å². The van der Waals surface area contributed by atoms with E-state index in [4.69, 9.17) is 16.3 Å². The van der Waals surface area contributed by atoms with E-state index in [0.717, 1.165) is 11.7 Å². The van der Waals surface area contributed by atoms with Crippen molar-refractivity contribution in [3.05, 3.63) is 28.8 Å². The molecule has 0 bridgehead atoms. The molecule has 1 aliphatic rings. The Morgan fingerprint density at radius 2 is 2.00 bits per heavy atom. The van der Waals surface area contributed by atoms with Crippen LogP contribution < -0.4 is 4.74 Å². The predicted octanol–water partition coefficient (Wildman–Crippen LogP) is 5.36. The van der Waals surface area contributed by atoms with Crippen LogP contribution in [0.2, 0.25) is 5.02 Å². The maximum atomic E-state index is 6.17. The Bertz CT molecular complexity index is 374. The zero-order chi connectivity index (χ0) is 12.3. The van der Waals surface area contributed by atoms with Gasteiger partial charge in [-0.3, -0.25) is 0 Å². The summed E-state index contributed by atoms with van der Waals surface area (Å²) >= 11 is 10.00. The summed E-state index contributed by atoms with van der Waals surface area (Å²) in [5, 5.41) is 0.699. The SMILES string of the molecule is COc1ccc(C(Br)C2CCCCC2)cc1Cl. The van der Waals surface area contributed by atoms with Crippen molar-refractivity contribution in [3.63, 3.8) is 0 Å². The summed E-state index contributed by atoms with van der Waals surface area (Å²) in [6.45, 7) is 0. The first kappa shape index (κ1) is 13.2. The van der Waals surface area contributed by atoms with E-state index in [1.165, 1.54) is 37.7 Å². The molecule has 0 aromatic heterocycles. The normalized spacial score (nSPS) is 19.0. The Hall–Kier alpha value is -0.210. The van der Waals surface area contributed by atoms with E-state index >= 15 is 0 Å². The van der Waals surface area contributed by atoms with Gasteiger partial charge in [-0.05, 0) is 36.5 Å². The molecule has 1 fully saturated rings. The highest BCUT2D eigenvalue weighted by Gasteiger charge is 2.23. The van der Waals surface area contributed by atoms with Gasteiger partial charge in [0.05, 0.1) is 12.1 Å². The van der Waals surface area contributed by atoms with Crippen LogP contribution in [0.25, 0.3) is 0 Å². The van der Waals surface area contributed by atoms with Crippen LogP contribution in [-0.2, 0) is 0 Å². The van der Waals surface area contributed by atoms with Crippen LogP contribution in [-0.4, -0.2) is 7.11 Å². The Morgan fingerprint density at radius 3 is 2.59 bits per heavy atom. The fraction of sp³-hybridized carbons (Fsp3) is 0.571. The molecule has 17 heavy (non-hydrogen) atoms. The minimum atomic E-state index is 0.422. The van der Waals surface area contributed by atoms with Gasteiger partial charge in [0.2, 0.25) is 0 Å². The second kappa shape index (κ2) is 6.10. The maximum absolute atomic E-state index is 6.17. The van der Waals surface area contributed by atoms with Gasteiger partial charge in [0.15, 0.2) is 0 Å². The molecule has 1 aromatic carbocycles. The van der Waals surface area contributed by atoms with E-state index in [1.807, 2.05) is 12.1 Å². The number of methoxy groups -OCH3 is 1. The van der Waals surface area contributed by atoms with Gasteiger partial charge in [0.25, 0.3) is 0 Å². The lowest BCUT2D eigenvalue weighted by Gasteiger charge is -2.26. The Kier molecular flexibility index (Phi) is 4.75. The topological polar surface area (TPSA) is 9.23 Å². The Balaban J connectivity index is 2.12. The van der Waals surface area contributed by atoms with Crippen molar-refractivity contribution >= 4 is 27.5 Å². The van der Waals surface area contributed by atoms with Crippen molar-refractivity contribution in [2.45, 2.75) is 36.9 Å². The summed E-state index contributed by atoms with van der Waals surface area (Å²) in [6.07, 6.45) is 6.74. The van der Waals surface area contributed by atoms with Crippen LogP contribution in [0.15, 0.2) is 18.2 Å². The van der Waals surface area contributed by atoms with Gasteiger partial charge in [-0.2, -0.15) is 0 Å². The number of alkyl halides is 1. The average molecular weight is 318 g/mol. The van der Waals surface area contributed by atoms with Crippen molar-refractivity contribution < 1.29 is 4.74 Å². The lowest BCUT2D eigenvalue weighted by molar-refractivity contribution is 0.354. The van der Waals surface area contributed by atoms with Crippen molar-refractivity contribution in [2.24, 2.45) is 5.92 Å².